The molecule has 0 radical (unpaired) electrons. The van der Waals surface area contributed by atoms with Gasteiger partial charge in [-0.3, -0.25) is 4.79 Å². The standard InChI is InChI=1S/C15H22N2OS.ClH/c1-17(13-4-6-14(19-2)7-5-13)15(18)8-3-12-9-10-16-11-12;/h4-7,12,16H,3,8-11H2,1-2H3;1H. The Bertz CT molecular complexity index is 418. The Hall–Kier alpha value is -0.710. The molecule has 1 aromatic carbocycles. The van der Waals surface area contributed by atoms with Gasteiger partial charge < -0.3 is 10.2 Å². The summed E-state index contributed by atoms with van der Waals surface area (Å²) in [6.07, 6.45) is 4.91. The number of rotatable bonds is 5. The lowest BCUT2D eigenvalue weighted by Crippen LogP contribution is -2.26. The number of amides is 1. The van der Waals surface area contributed by atoms with Crippen LogP contribution in [0.15, 0.2) is 29.2 Å². The van der Waals surface area contributed by atoms with E-state index in [1.165, 1.54) is 11.3 Å². The number of hydrogen-bond donors (Lipinski definition) is 1. The molecule has 1 fully saturated rings. The Morgan fingerprint density at radius 2 is 2.10 bits per heavy atom. The lowest BCUT2D eigenvalue weighted by atomic mass is 10.0. The molecule has 1 aliphatic heterocycles. The van der Waals surface area contributed by atoms with Crippen molar-refractivity contribution in [1.82, 2.24) is 5.32 Å². The van der Waals surface area contributed by atoms with Crippen molar-refractivity contribution in [3.05, 3.63) is 24.3 Å². The van der Waals surface area contributed by atoms with Crippen LogP contribution in [0.5, 0.6) is 0 Å². The largest absolute Gasteiger partial charge is 0.316 e. The van der Waals surface area contributed by atoms with Crippen molar-refractivity contribution in [1.29, 1.82) is 0 Å². The molecule has 3 nitrogen and oxygen atoms in total. The van der Waals surface area contributed by atoms with Crippen molar-refractivity contribution in [2.75, 3.05) is 31.3 Å². The van der Waals surface area contributed by atoms with Gasteiger partial charge in [0.15, 0.2) is 0 Å². The first-order valence-electron chi connectivity index (χ1n) is 6.82. The average molecular weight is 315 g/mol. The molecule has 0 spiro atoms. The molecule has 1 amide bonds. The summed E-state index contributed by atoms with van der Waals surface area (Å²) >= 11 is 1.71. The van der Waals surface area contributed by atoms with Gasteiger partial charge in [-0.2, -0.15) is 0 Å². The lowest BCUT2D eigenvalue weighted by Gasteiger charge is -2.18. The fraction of sp³-hybridized carbons (Fsp3) is 0.533. The fourth-order valence-electron chi connectivity index (χ4n) is 2.41. The molecule has 20 heavy (non-hydrogen) atoms. The number of nitrogens with zero attached hydrogens (tertiary/aromatic N) is 1. The molecule has 1 heterocycles. The highest BCUT2D eigenvalue weighted by Gasteiger charge is 2.17. The van der Waals surface area contributed by atoms with Crippen LogP contribution in [0.25, 0.3) is 0 Å². The van der Waals surface area contributed by atoms with Crippen LogP contribution in [0, 0.1) is 5.92 Å². The van der Waals surface area contributed by atoms with Gasteiger partial charge in [0.2, 0.25) is 5.91 Å². The summed E-state index contributed by atoms with van der Waals surface area (Å²) in [7, 11) is 1.86. The number of halogens is 1. The minimum atomic E-state index is 0. The third-order valence-corrected chi connectivity index (χ3v) is 4.51. The van der Waals surface area contributed by atoms with Gasteiger partial charge in [0.25, 0.3) is 0 Å². The molecule has 1 aliphatic rings. The Kier molecular flexibility index (Phi) is 7.41. The molecule has 0 aliphatic carbocycles. The molecule has 1 N–H and O–H groups in total. The second-order valence-electron chi connectivity index (χ2n) is 5.05. The molecule has 1 aromatic rings. The molecule has 5 heteroatoms. The van der Waals surface area contributed by atoms with Gasteiger partial charge in [0.1, 0.15) is 0 Å². The number of carbonyl (C=O) groups excluding carboxylic acids is 1. The van der Waals surface area contributed by atoms with E-state index in [0.717, 1.165) is 25.2 Å². The first-order chi connectivity index (χ1) is 9.20. The number of carbonyl (C=O) groups is 1. The second kappa shape index (κ2) is 8.55. The number of benzene rings is 1. The van der Waals surface area contributed by atoms with Crippen LogP contribution in [-0.2, 0) is 4.79 Å². The van der Waals surface area contributed by atoms with E-state index in [4.69, 9.17) is 0 Å². The normalized spacial score (nSPS) is 17.6. The zero-order chi connectivity index (χ0) is 13.7. The summed E-state index contributed by atoms with van der Waals surface area (Å²) in [5, 5.41) is 3.34. The maximum absolute atomic E-state index is 12.2. The number of anilines is 1. The smallest absolute Gasteiger partial charge is 0.226 e. The number of nitrogens with one attached hydrogen (secondary N) is 1. The van der Waals surface area contributed by atoms with Gasteiger partial charge in [-0.15, -0.1) is 24.2 Å². The zero-order valence-electron chi connectivity index (χ0n) is 12.1. The van der Waals surface area contributed by atoms with Gasteiger partial charge in [-0.05, 0) is 62.4 Å². The average Bonchev–Trinajstić information content (AvgIpc) is 2.97. The third kappa shape index (κ3) is 4.69. The molecule has 2 rings (SSSR count). The maximum Gasteiger partial charge on any atom is 0.226 e. The topological polar surface area (TPSA) is 32.3 Å². The predicted molar refractivity (Wildman–Crippen MR) is 89.1 cm³/mol. The second-order valence-corrected chi connectivity index (χ2v) is 5.93. The van der Waals surface area contributed by atoms with E-state index in [9.17, 15) is 4.79 Å². The molecule has 1 unspecified atom stereocenters. The first kappa shape index (κ1) is 17.3. The first-order valence-corrected chi connectivity index (χ1v) is 8.04. The van der Waals surface area contributed by atoms with E-state index in [2.05, 4.69) is 23.7 Å². The summed E-state index contributed by atoms with van der Waals surface area (Å²) in [4.78, 5) is 15.1. The summed E-state index contributed by atoms with van der Waals surface area (Å²) < 4.78 is 0. The highest BCUT2D eigenvalue weighted by Crippen LogP contribution is 2.21. The van der Waals surface area contributed by atoms with Gasteiger partial charge >= 0.3 is 0 Å². The van der Waals surface area contributed by atoms with Crippen molar-refractivity contribution in [3.8, 4) is 0 Å². The van der Waals surface area contributed by atoms with Crippen molar-refractivity contribution in [2.45, 2.75) is 24.2 Å². The van der Waals surface area contributed by atoms with E-state index in [1.807, 2.05) is 19.2 Å². The summed E-state index contributed by atoms with van der Waals surface area (Å²) in [5.74, 6) is 0.889. The predicted octanol–water partition coefficient (Wildman–Crippen LogP) is 3.18. The molecule has 0 saturated carbocycles. The van der Waals surface area contributed by atoms with Crippen LogP contribution in [0.2, 0.25) is 0 Å². The molecule has 1 atom stereocenters. The Morgan fingerprint density at radius 3 is 2.65 bits per heavy atom. The molecule has 0 aromatic heterocycles. The molecule has 0 bridgehead atoms. The van der Waals surface area contributed by atoms with Crippen LogP contribution in [0.4, 0.5) is 5.69 Å². The van der Waals surface area contributed by atoms with Crippen LogP contribution in [0.1, 0.15) is 19.3 Å². The Balaban J connectivity index is 0.00000200. The highest BCUT2D eigenvalue weighted by atomic mass is 35.5. The quantitative estimate of drug-likeness (QED) is 0.847. The number of hydrogen-bond acceptors (Lipinski definition) is 3. The van der Waals surface area contributed by atoms with E-state index in [1.54, 1.807) is 16.7 Å². The van der Waals surface area contributed by atoms with Crippen LogP contribution >= 0.6 is 24.2 Å². The van der Waals surface area contributed by atoms with E-state index in [0.29, 0.717) is 12.3 Å². The molecular weight excluding hydrogens is 292 g/mol. The van der Waals surface area contributed by atoms with Gasteiger partial charge in [-0.25, -0.2) is 0 Å². The van der Waals surface area contributed by atoms with Gasteiger partial charge in [0, 0.05) is 24.1 Å². The highest BCUT2D eigenvalue weighted by molar-refractivity contribution is 7.98. The lowest BCUT2D eigenvalue weighted by molar-refractivity contribution is -0.118. The van der Waals surface area contributed by atoms with E-state index >= 15 is 0 Å². The van der Waals surface area contributed by atoms with E-state index in [-0.39, 0.29) is 18.3 Å². The number of thioether (sulfide) groups is 1. The molecule has 112 valence electrons. The SMILES string of the molecule is CSc1ccc(N(C)C(=O)CCC2CCNC2)cc1.Cl. The minimum Gasteiger partial charge on any atom is -0.316 e. The maximum atomic E-state index is 12.2. The zero-order valence-corrected chi connectivity index (χ0v) is 13.7. The summed E-state index contributed by atoms with van der Waals surface area (Å²) in [5.41, 5.74) is 0.979. The van der Waals surface area contributed by atoms with Gasteiger partial charge in [-0.1, -0.05) is 0 Å². The molecule has 1 saturated heterocycles. The minimum absolute atomic E-state index is 0. The third-order valence-electron chi connectivity index (χ3n) is 3.76. The molecular formula is C15H23ClN2OS. The van der Waals surface area contributed by atoms with Crippen LogP contribution in [-0.4, -0.2) is 32.3 Å². The monoisotopic (exact) mass is 314 g/mol. The van der Waals surface area contributed by atoms with Crippen molar-refractivity contribution in [2.24, 2.45) is 5.92 Å². The van der Waals surface area contributed by atoms with Gasteiger partial charge in [0.05, 0.1) is 0 Å². The summed E-state index contributed by atoms with van der Waals surface area (Å²) in [6, 6.07) is 8.15. The van der Waals surface area contributed by atoms with Crippen molar-refractivity contribution < 1.29 is 4.79 Å². The Morgan fingerprint density at radius 1 is 1.40 bits per heavy atom. The van der Waals surface area contributed by atoms with E-state index < -0.39 is 0 Å². The van der Waals surface area contributed by atoms with Crippen LogP contribution < -0.4 is 10.2 Å². The Labute approximate surface area is 131 Å². The fourth-order valence-corrected chi connectivity index (χ4v) is 2.81. The van der Waals surface area contributed by atoms with Crippen molar-refractivity contribution >= 4 is 35.8 Å². The summed E-state index contributed by atoms with van der Waals surface area (Å²) in [6.45, 7) is 2.17. The van der Waals surface area contributed by atoms with Crippen LogP contribution in [0.3, 0.4) is 0 Å². The van der Waals surface area contributed by atoms with Crippen molar-refractivity contribution in [3.63, 3.8) is 0 Å².